The summed E-state index contributed by atoms with van der Waals surface area (Å²) in [6.07, 6.45) is 8.10. The maximum Gasteiger partial charge on any atom is 0.248 e. The van der Waals surface area contributed by atoms with E-state index in [1.54, 1.807) is 13.8 Å². The molecule has 1 aromatic heterocycles. The first-order valence-corrected chi connectivity index (χ1v) is 11.1. The SMILES string of the molecule is Cc1noc(C)c1S(=O)(=O)N1CCC(C(=O)NC2CCCCCC2)CC1. The Labute approximate surface area is 155 Å². The molecule has 0 spiro atoms. The molecule has 1 saturated carbocycles. The standard InChI is InChI=1S/C18H29N3O4S/c1-13-17(14(2)25-20-13)26(23,24)21-11-9-15(10-12-21)18(22)19-16-7-5-3-4-6-8-16/h15-16H,3-12H2,1-2H3,(H,19,22). The molecule has 0 bridgehead atoms. The highest BCUT2D eigenvalue weighted by Crippen LogP contribution is 2.28. The molecule has 1 N–H and O–H groups in total. The number of aromatic nitrogens is 1. The van der Waals surface area contributed by atoms with E-state index in [4.69, 9.17) is 4.52 Å². The fourth-order valence-electron chi connectivity index (χ4n) is 4.07. The van der Waals surface area contributed by atoms with Crippen LogP contribution in [0.2, 0.25) is 0 Å². The number of hydrogen-bond acceptors (Lipinski definition) is 5. The van der Waals surface area contributed by atoms with Crippen LogP contribution in [-0.4, -0.2) is 42.9 Å². The number of carbonyl (C=O) groups is 1. The second kappa shape index (κ2) is 8.08. The molecule has 1 aliphatic heterocycles. The summed E-state index contributed by atoms with van der Waals surface area (Å²) >= 11 is 0. The molecule has 7 nitrogen and oxygen atoms in total. The number of sulfonamides is 1. The maximum absolute atomic E-state index is 12.8. The normalized spacial score (nSPS) is 21.5. The van der Waals surface area contributed by atoms with Gasteiger partial charge in [-0.1, -0.05) is 30.8 Å². The average molecular weight is 384 g/mol. The van der Waals surface area contributed by atoms with Crippen molar-refractivity contribution in [3.8, 4) is 0 Å². The van der Waals surface area contributed by atoms with Gasteiger partial charge in [0.2, 0.25) is 15.9 Å². The Morgan fingerprint density at radius 1 is 1.08 bits per heavy atom. The molecule has 0 radical (unpaired) electrons. The third-order valence-corrected chi connectivity index (χ3v) is 7.74. The molecule has 0 aromatic carbocycles. The van der Waals surface area contributed by atoms with Gasteiger partial charge in [-0.25, -0.2) is 8.42 Å². The Morgan fingerprint density at radius 3 is 2.23 bits per heavy atom. The highest BCUT2D eigenvalue weighted by atomic mass is 32.2. The molecule has 26 heavy (non-hydrogen) atoms. The zero-order chi connectivity index (χ0) is 18.7. The lowest BCUT2D eigenvalue weighted by atomic mass is 9.96. The van der Waals surface area contributed by atoms with Gasteiger partial charge < -0.3 is 9.84 Å². The molecule has 3 rings (SSSR count). The quantitative estimate of drug-likeness (QED) is 0.807. The number of rotatable bonds is 4. The van der Waals surface area contributed by atoms with Gasteiger partial charge in [0.15, 0.2) is 5.76 Å². The van der Waals surface area contributed by atoms with E-state index >= 15 is 0 Å². The summed E-state index contributed by atoms with van der Waals surface area (Å²) in [7, 11) is -3.62. The molecule has 2 fully saturated rings. The van der Waals surface area contributed by atoms with Crippen LogP contribution in [-0.2, 0) is 14.8 Å². The van der Waals surface area contributed by atoms with Crippen LogP contribution >= 0.6 is 0 Å². The molecule has 1 amide bonds. The Morgan fingerprint density at radius 2 is 1.69 bits per heavy atom. The number of carbonyl (C=O) groups excluding carboxylic acids is 1. The van der Waals surface area contributed by atoms with Crippen molar-refractivity contribution in [3.05, 3.63) is 11.5 Å². The van der Waals surface area contributed by atoms with Gasteiger partial charge in [-0.15, -0.1) is 0 Å². The summed E-state index contributed by atoms with van der Waals surface area (Å²) in [6, 6.07) is 0.286. The molecule has 1 aromatic rings. The van der Waals surface area contributed by atoms with Crippen molar-refractivity contribution < 1.29 is 17.7 Å². The third-order valence-electron chi connectivity index (χ3n) is 5.59. The second-order valence-corrected chi connectivity index (χ2v) is 9.40. The molecule has 0 unspecified atom stereocenters. The molecule has 1 saturated heterocycles. The van der Waals surface area contributed by atoms with Crippen LogP contribution in [0.15, 0.2) is 9.42 Å². The average Bonchev–Trinajstić information content (AvgIpc) is 2.81. The largest absolute Gasteiger partial charge is 0.360 e. The lowest BCUT2D eigenvalue weighted by Gasteiger charge is -2.31. The van der Waals surface area contributed by atoms with Gasteiger partial charge in [-0.2, -0.15) is 4.31 Å². The van der Waals surface area contributed by atoms with Crippen LogP contribution in [0, 0.1) is 19.8 Å². The fraction of sp³-hybridized carbons (Fsp3) is 0.778. The molecule has 8 heteroatoms. The van der Waals surface area contributed by atoms with E-state index in [0.29, 0.717) is 37.4 Å². The third kappa shape index (κ3) is 4.11. The number of amides is 1. The lowest BCUT2D eigenvalue weighted by molar-refractivity contribution is -0.126. The van der Waals surface area contributed by atoms with Gasteiger partial charge >= 0.3 is 0 Å². The van der Waals surface area contributed by atoms with Crippen molar-refractivity contribution in [2.75, 3.05) is 13.1 Å². The first-order valence-electron chi connectivity index (χ1n) is 9.63. The Hall–Kier alpha value is -1.41. The zero-order valence-electron chi connectivity index (χ0n) is 15.7. The van der Waals surface area contributed by atoms with Gasteiger partial charge in [0.1, 0.15) is 10.6 Å². The summed E-state index contributed by atoms with van der Waals surface area (Å²) in [5, 5.41) is 6.94. The van der Waals surface area contributed by atoms with Crippen LogP contribution in [0.25, 0.3) is 0 Å². The van der Waals surface area contributed by atoms with E-state index < -0.39 is 10.0 Å². The molecule has 0 atom stereocenters. The van der Waals surface area contributed by atoms with Gasteiger partial charge in [0.05, 0.1) is 0 Å². The van der Waals surface area contributed by atoms with E-state index in [1.807, 2.05) is 0 Å². The van der Waals surface area contributed by atoms with Crippen molar-refractivity contribution in [2.24, 2.45) is 5.92 Å². The summed E-state index contributed by atoms with van der Waals surface area (Å²) in [6.45, 7) is 3.96. The lowest BCUT2D eigenvalue weighted by Crippen LogP contribution is -2.45. The highest BCUT2D eigenvalue weighted by molar-refractivity contribution is 7.89. The minimum Gasteiger partial charge on any atom is -0.360 e. The fourth-order valence-corrected chi connectivity index (χ4v) is 5.83. The van der Waals surface area contributed by atoms with Crippen molar-refractivity contribution >= 4 is 15.9 Å². The van der Waals surface area contributed by atoms with E-state index in [0.717, 1.165) is 12.8 Å². The van der Waals surface area contributed by atoms with Crippen molar-refractivity contribution in [1.29, 1.82) is 0 Å². The van der Waals surface area contributed by atoms with Crippen LogP contribution in [0.3, 0.4) is 0 Å². The van der Waals surface area contributed by atoms with Crippen LogP contribution in [0.5, 0.6) is 0 Å². The highest BCUT2D eigenvalue weighted by Gasteiger charge is 2.35. The van der Waals surface area contributed by atoms with E-state index in [2.05, 4.69) is 10.5 Å². The minimum atomic E-state index is -3.62. The molecular formula is C18H29N3O4S. The minimum absolute atomic E-state index is 0.0892. The Kier molecular flexibility index (Phi) is 6.02. The predicted octanol–water partition coefficient (Wildman–Crippen LogP) is 2.53. The van der Waals surface area contributed by atoms with Crippen molar-refractivity contribution in [2.45, 2.75) is 76.2 Å². The zero-order valence-corrected chi connectivity index (χ0v) is 16.5. The summed E-state index contributed by atoms with van der Waals surface area (Å²) in [5.74, 6) is 0.302. The second-order valence-electron chi connectivity index (χ2n) is 7.53. The predicted molar refractivity (Wildman–Crippen MR) is 97.1 cm³/mol. The first-order chi connectivity index (χ1) is 12.4. The van der Waals surface area contributed by atoms with Crippen LogP contribution in [0.4, 0.5) is 0 Å². The summed E-state index contributed by atoms with van der Waals surface area (Å²) < 4.78 is 32.2. The smallest absolute Gasteiger partial charge is 0.248 e. The van der Waals surface area contributed by atoms with E-state index in [1.165, 1.54) is 30.0 Å². The molecule has 1 aliphatic carbocycles. The number of aryl methyl sites for hydroxylation is 2. The first kappa shape index (κ1) is 19.4. The molecule has 2 heterocycles. The summed E-state index contributed by atoms with van der Waals surface area (Å²) in [4.78, 5) is 12.7. The van der Waals surface area contributed by atoms with Gasteiger partial charge in [0, 0.05) is 25.0 Å². The van der Waals surface area contributed by atoms with Gasteiger partial charge in [-0.05, 0) is 39.5 Å². The Balaban J connectivity index is 1.57. The number of nitrogens with zero attached hydrogens (tertiary/aromatic N) is 2. The summed E-state index contributed by atoms with van der Waals surface area (Å²) in [5.41, 5.74) is 0.385. The monoisotopic (exact) mass is 383 g/mol. The maximum atomic E-state index is 12.8. The van der Waals surface area contributed by atoms with Crippen LogP contribution < -0.4 is 5.32 Å². The van der Waals surface area contributed by atoms with Crippen molar-refractivity contribution in [3.63, 3.8) is 0 Å². The number of hydrogen-bond donors (Lipinski definition) is 1. The Bertz CT molecular complexity index is 708. The van der Waals surface area contributed by atoms with Crippen LogP contribution in [0.1, 0.15) is 62.8 Å². The molecule has 2 aliphatic rings. The van der Waals surface area contributed by atoms with Gasteiger partial charge in [0.25, 0.3) is 0 Å². The topological polar surface area (TPSA) is 92.5 Å². The van der Waals surface area contributed by atoms with E-state index in [9.17, 15) is 13.2 Å². The van der Waals surface area contributed by atoms with Gasteiger partial charge in [-0.3, -0.25) is 4.79 Å². The van der Waals surface area contributed by atoms with Crippen molar-refractivity contribution in [1.82, 2.24) is 14.8 Å². The van der Waals surface area contributed by atoms with E-state index in [-0.39, 0.29) is 22.8 Å². The number of nitrogens with one attached hydrogen (secondary N) is 1. The molecular weight excluding hydrogens is 354 g/mol. The number of piperidine rings is 1. The molecule has 146 valence electrons.